The maximum absolute atomic E-state index is 2.62. The topological polar surface area (TPSA) is 11.4 Å². The minimum Gasteiger partial charge on any atom is -0.364 e. The van der Waals surface area contributed by atoms with Crippen LogP contribution in [0.2, 0.25) is 0 Å². The van der Waals surface area contributed by atoms with E-state index in [2.05, 4.69) is 71.9 Å². The van der Waals surface area contributed by atoms with Crippen LogP contribution in [0.15, 0.2) is 42.1 Å². The molecule has 1 aliphatic carbocycles. The number of nitrogens with zero attached hydrogens (tertiary/aromatic N) is 3. The van der Waals surface area contributed by atoms with Crippen molar-refractivity contribution >= 4 is 16.5 Å². The normalized spacial score (nSPS) is 22.6. The second kappa shape index (κ2) is 5.25. The number of hydrogen-bond acceptors (Lipinski definition) is 2. The Morgan fingerprint density at radius 2 is 1.76 bits per heavy atom. The van der Waals surface area contributed by atoms with Crippen LogP contribution in [0, 0.1) is 0 Å². The first kappa shape index (κ1) is 15.3. The Morgan fingerprint density at radius 1 is 1.00 bits per heavy atom. The molecule has 1 spiro atoms. The van der Waals surface area contributed by atoms with Gasteiger partial charge in [-0.15, -0.1) is 0 Å². The molecule has 2 aliphatic heterocycles. The van der Waals surface area contributed by atoms with Crippen LogP contribution < -0.4 is 0 Å². The Morgan fingerprint density at radius 3 is 2.56 bits per heavy atom. The maximum Gasteiger partial charge on any atom is 0.0702 e. The van der Waals surface area contributed by atoms with Crippen molar-refractivity contribution in [1.82, 2.24) is 14.4 Å². The molecular weight excluding hydrogens is 306 g/mol. The molecule has 0 N–H and O–H groups in total. The van der Waals surface area contributed by atoms with Crippen LogP contribution in [-0.4, -0.2) is 41.6 Å². The monoisotopic (exact) mass is 333 g/mol. The predicted molar refractivity (Wildman–Crippen MR) is 104 cm³/mol. The first-order chi connectivity index (χ1) is 12.1. The molecule has 1 saturated heterocycles. The molecule has 3 heterocycles. The van der Waals surface area contributed by atoms with Gasteiger partial charge in [0.05, 0.1) is 11.2 Å². The molecule has 1 aromatic heterocycles. The average molecular weight is 333 g/mol. The SMILES string of the molecule is CN1CCC2(CC1)c1c(n(C)c3ccccc13)C1=C(C=CCC1)N2C. The number of aryl methyl sites for hydroxylation is 1. The fourth-order valence-corrected chi connectivity index (χ4v) is 5.40. The van der Waals surface area contributed by atoms with E-state index in [0.29, 0.717) is 0 Å². The molecule has 0 saturated carbocycles. The fraction of sp³-hybridized carbons (Fsp3) is 0.455. The Hall–Kier alpha value is -2.00. The Bertz CT molecular complexity index is 907. The molecule has 1 aromatic carbocycles. The van der Waals surface area contributed by atoms with Gasteiger partial charge in [0.1, 0.15) is 0 Å². The van der Waals surface area contributed by atoms with Gasteiger partial charge in [-0.3, -0.25) is 0 Å². The number of para-hydroxylation sites is 1. The average Bonchev–Trinajstić information content (AvgIpc) is 2.95. The summed E-state index contributed by atoms with van der Waals surface area (Å²) in [5.41, 5.74) is 7.60. The van der Waals surface area contributed by atoms with Crippen molar-refractivity contribution in [3.8, 4) is 0 Å². The molecule has 0 amide bonds. The van der Waals surface area contributed by atoms with Gasteiger partial charge in [-0.25, -0.2) is 0 Å². The molecule has 1 fully saturated rings. The smallest absolute Gasteiger partial charge is 0.0702 e. The summed E-state index contributed by atoms with van der Waals surface area (Å²) < 4.78 is 2.46. The van der Waals surface area contributed by atoms with E-state index >= 15 is 0 Å². The lowest BCUT2D eigenvalue weighted by molar-refractivity contribution is 0.0708. The second-order valence-corrected chi connectivity index (χ2v) is 8.00. The number of piperidine rings is 1. The summed E-state index contributed by atoms with van der Waals surface area (Å²) in [6, 6.07) is 9.01. The van der Waals surface area contributed by atoms with E-state index < -0.39 is 0 Å². The van der Waals surface area contributed by atoms with Crippen molar-refractivity contribution < 1.29 is 0 Å². The van der Waals surface area contributed by atoms with Gasteiger partial charge < -0.3 is 14.4 Å². The van der Waals surface area contributed by atoms with Gasteiger partial charge in [0.15, 0.2) is 0 Å². The third-order valence-electron chi connectivity index (χ3n) is 6.82. The van der Waals surface area contributed by atoms with Crippen LogP contribution in [0.1, 0.15) is 36.9 Å². The molecule has 0 unspecified atom stereocenters. The van der Waals surface area contributed by atoms with Crippen LogP contribution >= 0.6 is 0 Å². The minimum atomic E-state index is 0.128. The molecular formula is C22H27N3. The van der Waals surface area contributed by atoms with Crippen molar-refractivity contribution in [3.05, 3.63) is 53.4 Å². The molecule has 3 aliphatic rings. The summed E-state index contributed by atoms with van der Waals surface area (Å²) in [5.74, 6) is 0. The number of allylic oxidation sites excluding steroid dienone is 3. The first-order valence-electron chi connectivity index (χ1n) is 9.54. The summed E-state index contributed by atoms with van der Waals surface area (Å²) in [6.45, 7) is 2.33. The molecule has 0 radical (unpaired) electrons. The standard InChI is InChI=1S/C22H27N3/c1-23-14-12-22(13-15-23)20-16-8-4-6-10-18(16)24(2)21(20)17-9-5-7-11-19(17)25(22)3/h4,6-8,10-11H,5,9,12-15H2,1-3H3. The maximum atomic E-state index is 2.62. The lowest BCUT2D eigenvalue weighted by atomic mass is 9.73. The van der Waals surface area contributed by atoms with E-state index in [4.69, 9.17) is 0 Å². The van der Waals surface area contributed by atoms with Crippen molar-refractivity contribution in [3.63, 3.8) is 0 Å². The molecule has 0 bridgehead atoms. The van der Waals surface area contributed by atoms with E-state index in [1.807, 2.05) is 0 Å². The Labute approximate surface area is 150 Å². The van der Waals surface area contributed by atoms with Crippen LogP contribution in [0.25, 0.3) is 16.5 Å². The zero-order valence-corrected chi connectivity index (χ0v) is 15.5. The third-order valence-corrected chi connectivity index (χ3v) is 6.82. The van der Waals surface area contributed by atoms with Gasteiger partial charge >= 0.3 is 0 Å². The second-order valence-electron chi connectivity index (χ2n) is 8.00. The number of hydrogen-bond donors (Lipinski definition) is 0. The number of rotatable bonds is 0. The lowest BCUT2D eigenvalue weighted by Crippen LogP contribution is -2.52. The van der Waals surface area contributed by atoms with E-state index in [9.17, 15) is 0 Å². The number of likely N-dealkylation sites (tertiary alicyclic amines) is 1. The highest BCUT2D eigenvalue weighted by molar-refractivity contribution is 5.93. The summed E-state index contributed by atoms with van der Waals surface area (Å²) >= 11 is 0. The zero-order valence-electron chi connectivity index (χ0n) is 15.5. The van der Waals surface area contributed by atoms with Crippen molar-refractivity contribution in [2.45, 2.75) is 31.2 Å². The van der Waals surface area contributed by atoms with Crippen LogP contribution in [0.3, 0.4) is 0 Å². The molecule has 2 aromatic rings. The fourth-order valence-electron chi connectivity index (χ4n) is 5.40. The Balaban J connectivity index is 1.86. The highest BCUT2D eigenvalue weighted by Crippen LogP contribution is 2.53. The zero-order chi connectivity index (χ0) is 17.2. The minimum absolute atomic E-state index is 0.128. The molecule has 130 valence electrons. The number of likely N-dealkylation sites (N-methyl/N-ethyl adjacent to an activating group) is 1. The van der Waals surface area contributed by atoms with Crippen molar-refractivity contribution in [1.29, 1.82) is 0 Å². The summed E-state index contributed by atoms with van der Waals surface area (Å²) in [6.07, 6.45) is 9.44. The van der Waals surface area contributed by atoms with Gasteiger partial charge in [0, 0.05) is 49.3 Å². The summed E-state index contributed by atoms with van der Waals surface area (Å²) in [7, 11) is 6.85. The number of fused-ring (bicyclic) bond motifs is 5. The third kappa shape index (κ3) is 1.90. The highest BCUT2D eigenvalue weighted by atomic mass is 15.2. The molecule has 3 heteroatoms. The van der Waals surface area contributed by atoms with Crippen molar-refractivity contribution in [2.24, 2.45) is 7.05 Å². The van der Waals surface area contributed by atoms with Crippen LogP contribution in [0.5, 0.6) is 0 Å². The highest BCUT2D eigenvalue weighted by Gasteiger charge is 2.47. The molecule has 0 atom stereocenters. The summed E-state index contributed by atoms with van der Waals surface area (Å²) in [5, 5.41) is 1.46. The first-order valence-corrected chi connectivity index (χ1v) is 9.54. The van der Waals surface area contributed by atoms with Crippen molar-refractivity contribution in [2.75, 3.05) is 27.2 Å². The van der Waals surface area contributed by atoms with E-state index in [1.165, 1.54) is 48.2 Å². The van der Waals surface area contributed by atoms with E-state index in [0.717, 1.165) is 12.8 Å². The number of benzene rings is 1. The van der Waals surface area contributed by atoms with Gasteiger partial charge in [-0.05, 0) is 50.4 Å². The number of aromatic nitrogens is 1. The van der Waals surface area contributed by atoms with Gasteiger partial charge in [0.2, 0.25) is 0 Å². The lowest BCUT2D eigenvalue weighted by Gasteiger charge is -2.52. The predicted octanol–water partition coefficient (Wildman–Crippen LogP) is 4.11. The van der Waals surface area contributed by atoms with E-state index in [-0.39, 0.29) is 5.54 Å². The molecule has 3 nitrogen and oxygen atoms in total. The quantitative estimate of drug-likeness (QED) is 0.719. The van der Waals surface area contributed by atoms with Gasteiger partial charge in [0.25, 0.3) is 0 Å². The van der Waals surface area contributed by atoms with E-state index in [1.54, 1.807) is 11.1 Å². The Kier molecular flexibility index (Phi) is 3.21. The van der Waals surface area contributed by atoms with Crippen LogP contribution in [0.4, 0.5) is 0 Å². The molecule has 5 rings (SSSR count). The summed E-state index contributed by atoms with van der Waals surface area (Å²) in [4.78, 5) is 5.10. The largest absolute Gasteiger partial charge is 0.364 e. The van der Waals surface area contributed by atoms with Gasteiger partial charge in [-0.1, -0.05) is 24.3 Å². The molecule has 25 heavy (non-hydrogen) atoms. The van der Waals surface area contributed by atoms with Crippen LogP contribution in [-0.2, 0) is 12.6 Å². The van der Waals surface area contributed by atoms with Gasteiger partial charge in [-0.2, -0.15) is 0 Å².